The number of rotatable bonds is 7. The van der Waals surface area contributed by atoms with Crippen molar-refractivity contribution < 1.29 is 4.74 Å². The summed E-state index contributed by atoms with van der Waals surface area (Å²) in [5.41, 5.74) is 5.31. The molecule has 25 heavy (non-hydrogen) atoms. The average Bonchev–Trinajstić information content (AvgIpc) is 2.84. The molecule has 0 bridgehead atoms. The quantitative estimate of drug-likeness (QED) is 0.324. The van der Waals surface area contributed by atoms with Gasteiger partial charge in [0.1, 0.15) is 5.15 Å². The number of ether oxygens (including phenoxy) is 1. The Labute approximate surface area is 162 Å². The topological polar surface area (TPSA) is 63.5 Å². The summed E-state index contributed by atoms with van der Waals surface area (Å²) in [5.74, 6) is 0. The van der Waals surface area contributed by atoms with E-state index in [-0.39, 0.29) is 0 Å². The van der Waals surface area contributed by atoms with E-state index in [4.69, 9.17) is 40.2 Å². The van der Waals surface area contributed by atoms with E-state index in [9.17, 15) is 0 Å². The number of aryl methyl sites for hydroxylation is 1. The normalized spacial score (nSPS) is 11.0. The lowest BCUT2D eigenvalue weighted by Gasteiger charge is -2.05. The first-order chi connectivity index (χ1) is 12.0. The highest BCUT2D eigenvalue weighted by molar-refractivity contribution is 7.80. The highest BCUT2D eigenvalue weighted by atomic mass is 35.5. The average molecular weight is 400 g/mol. The van der Waals surface area contributed by atoms with Crippen molar-refractivity contribution in [3.05, 3.63) is 51.3 Å². The molecule has 0 fully saturated rings. The monoisotopic (exact) mass is 399 g/mol. The van der Waals surface area contributed by atoms with E-state index in [1.807, 2.05) is 31.2 Å². The van der Waals surface area contributed by atoms with Gasteiger partial charge in [0.2, 0.25) is 0 Å². The number of nitrogens with one attached hydrogen (secondary N) is 2. The second-order valence-corrected chi connectivity index (χ2v) is 6.40. The summed E-state index contributed by atoms with van der Waals surface area (Å²) in [6.45, 7) is 3.60. The molecule has 1 heterocycles. The van der Waals surface area contributed by atoms with Crippen molar-refractivity contribution in [2.24, 2.45) is 5.10 Å². The van der Waals surface area contributed by atoms with Crippen LogP contribution in [-0.2, 0) is 11.3 Å². The summed E-state index contributed by atoms with van der Waals surface area (Å²) >= 11 is 17.4. The summed E-state index contributed by atoms with van der Waals surface area (Å²) < 4.78 is 6.65. The van der Waals surface area contributed by atoms with Crippen molar-refractivity contribution in [2.75, 3.05) is 20.3 Å². The molecule has 9 heteroatoms. The Morgan fingerprint density at radius 3 is 2.76 bits per heavy atom. The molecule has 2 N–H and O–H groups in total. The fourth-order valence-corrected chi connectivity index (χ4v) is 2.61. The maximum absolute atomic E-state index is 6.42. The van der Waals surface area contributed by atoms with Crippen LogP contribution in [0.25, 0.3) is 0 Å². The zero-order valence-corrected chi connectivity index (χ0v) is 16.3. The van der Waals surface area contributed by atoms with Crippen LogP contribution in [-0.4, -0.2) is 41.4 Å². The zero-order chi connectivity index (χ0) is 18.2. The molecule has 0 amide bonds. The molecule has 0 aliphatic heterocycles. The largest absolute Gasteiger partial charge is 0.383 e. The molecule has 0 aliphatic rings. The molecular formula is C16H19Cl2N5OS. The molecule has 1 aromatic carbocycles. The molecule has 0 radical (unpaired) electrons. The van der Waals surface area contributed by atoms with Gasteiger partial charge >= 0.3 is 0 Å². The minimum atomic E-state index is 0.413. The smallest absolute Gasteiger partial charge is 0.187 e. The Balaban J connectivity index is 2.00. The molecular weight excluding hydrogens is 381 g/mol. The van der Waals surface area contributed by atoms with Crippen molar-refractivity contribution in [3.8, 4) is 0 Å². The third-order valence-electron chi connectivity index (χ3n) is 3.31. The summed E-state index contributed by atoms with van der Waals surface area (Å²) in [6.07, 6.45) is 1.60. The molecule has 0 spiro atoms. The second kappa shape index (κ2) is 9.72. The maximum atomic E-state index is 6.42. The first-order valence-corrected chi connectivity index (χ1v) is 8.71. The molecule has 0 atom stereocenters. The van der Waals surface area contributed by atoms with Crippen LogP contribution < -0.4 is 10.7 Å². The van der Waals surface area contributed by atoms with Gasteiger partial charge in [-0.2, -0.15) is 10.2 Å². The third-order valence-corrected chi connectivity index (χ3v) is 4.19. The molecule has 0 saturated heterocycles. The molecule has 2 rings (SSSR count). The second-order valence-electron chi connectivity index (χ2n) is 5.19. The lowest BCUT2D eigenvalue weighted by Crippen LogP contribution is -2.34. The van der Waals surface area contributed by atoms with Gasteiger partial charge in [-0.05, 0) is 36.8 Å². The first-order valence-electron chi connectivity index (χ1n) is 7.54. The van der Waals surface area contributed by atoms with E-state index in [2.05, 4.69) is 20.9 Å². The predicted molar refractivity (Wildman–Crippen MR) is 106 cm³/mol. The van der Waals surface area contributed by atoms with Crippen LogP contribution in [0.3, 0.4) is 0 Å². The number of methoxy groups -OCH3 is 1. The fraction of sp³-hybridized carbons (Fsp3) is 0.312. The van der Waals surface area contributed by atoms with Crippen LogP contribution in [0.15, 0.2) is 29.4 Å². The molecule has 0 saturated carbocycles. The minimum Gasteiger partial charge on any atom is -0.383 e. The highest BCUT2D eigenvalue weighted by Gasteiger charge is 2.12. The molecule has 2 aromatic rings. The summed E-state index contributed by atoms with van der Waals surface area (Å²) in [7, 11) is 1.63. The lowest BCUT2D eigenvalue weighted by molar-refractivity contribution is 0.204. The molecule has 134 valence electrons. The van der Waals surface area contributed by atoms with E-state index in [1.165, 1.54) is 0 Å². The van der Waals surface area contributed by atoms with Crippen molar-refractivity contribution >= 4 is 46.7 Å². The number of nitrogens with zero attached hydrogens (tertiary/aromatic N) is 3. The Bertz CT molecular complexity index is 746. The number of halogens is 2. The van der Waals surface area contributed by atoms with Crippen molar-refractivity contribution in [1.82, 2.24) is 20.5 Å². The van der Waals surface area contributed by atoms with Crippen LogP contribution in [0.5, 0.6) is 0 Å². The van der Waals surface area contributed by atoms with Crippen molar-refractivity contribution in [1.29, 1.82) is 0 Å². The van der Waals surface area contributed by atoms with E-state index >= 15 is 0 Å². The van der Waals surface area contributed by atoms with Gasteiger partial charge in [-0.15, -0.1) is 0 Å². The van der Waals surface area contributed by atoms with Gasteiger partial charge in [-0.3, -0.25) is 5.43 Å². The third kappa shape index (κ3) is 5.97. The van der Waals surface area contributed by atoms with Gasteiger partial charge in [-0.25, -0.2) is 4.68 Å². The summed E-state index contributed by atoms with van der Waals surface area (Å²) in [6, 6.07) is 7.56. The first kappa shape index (κ1) is 19.7. The van der Waals surface area contributed by atoms with Crippen molar-refractivity contribution in [3.63, 3.8) is 0 Å². The van der Waals surface area contributed by atoms with Gasteiger partial charge in [0.15, 0.2) is 5.11 Å². The molecule has 0 aliphatic carbocycles. The minimum absolute atomic E-state index is 0.413. The van der Waals surface area contributed by atoms with E-state index in [1.54, 1.807) is 18.0 Å². The Kier molecular flexibility index (Phi) is 7.64. The highest BCUT2D eigenvalue weighted by Crippen LogP contribution is 2.19. The van der Waals surface area contributed by atoms with Crippen LogP contribution in [0.1, 0.15) is 16.8 Å². The van der Waals surface area contributed by atoms with Gasteiger partial charge in [-0.1, -0.05) is 35.3 Å². The van der Waals surface area contributed by atoms with Crippen LogP contribution in [0.2, 0.25) is 10.2 Å². The van der Waals surface area contributed by atoms with Gasteiger partial charge in [0.25, 0.3) is 0 Å². The molecule has 0 unspecified atom stereocenters. The fourth-order valence-electron chi connectivity index (χ4n) is 2.04. The lowest BCUT2D eigenvalue weighted by atomic mass is 10.2. The number of thiocarbonyl (C=S) groups is 1. The number of benzene rings is 1. The SMILES string of the molecule is COCCNC(=S)NN=Cc1c(C)nn(Cc2ccc(Cl)cc2)c1Cl. The molecule has 1 aromatic heterocycles. The summed E-state index contributed by atoms with van der Waals surface area (Å²) in [4.78, 5) is 0. The Morgan fingerprint density at radius 1 is 1.36 bits per heavy atom. The van der Waals surface area contributed by atoms with Gasteiger partial charge < -0.3 is 10.1 Å². The summed E-state index contributed by atoms with van der Waals surface area (Å²) in [5, 5.41) is 13.1. The van der Waals surface area contributed by atoms with Gasteiger partial charge in [0.05, 0.1) is 30.6 Å². The predicted octanol–water partition coefficient (Wildman–Crippen LogP) is 2.99. The van der Waals surface area contributed by atoms with E-state index < -0.39 is 0 Å². The number of hydrogen-bond acceptors (Lipinski definition) is 4. The van der Waals surface area contributed by atoms with Crippen molar-refractivity contribution in [2.45, 2.75) is 13.5 Å². The maximum Gasteiger partial charge on any atom is 0.187 e. The van der Waals surface area contributed by atoms with E-state index in [0.29, 0.717) is 35.0 Å². The molecule has 6 nitrogen and oxygen atoms in total. The van der Waals surface area contributed by atoms with Crippen LogP contribution in [0, 0.1) is 6.92 Å². The standard InChI is InChI=1S/C16H19Cl2N5OS/c1-11-14(9-20-21-16(25)19-7-8-24-2)15(18)23(22-11)10-12-3-5-13(17)6-4-12/h3-6,9H,7-8,10H2,1-2H3,(H2,19,21,25). The number of hydrogen-bond donors (Lipinski definition) is 2. The number of hydrazone groups is 1. The Morgan fingerprint density at radius 2 is 2.08 bits per heavy atom. The zero-order valence-electron chi connectivity index (χ0n) is 13.9. The van der Waals surface area contributed by atoms with E-state index in [0.717, 1.165) is 16.8 Å². The van der Waals surface area contributed by atoms with Crippen LogP contribution in [0.4, 0.5) is 0 Å². The Hall–Kier alpha value is -1.67. The van der Waals surface area contributed by atoms with Gasteiger partial charge in [0, 0.05) is 18.7 Å². The van der Waals surface area contributed by atoms with Crippen LogP contribution >= 0.6 is 35.4 Å². The number of aromatic nitrogens is 2.